The Bertz CT molecular complexity index is 756. The average Bonchev–Trinajstić information content (AvgIpc) is 2.96. The van der Waals surface area contributed by atoms with Crippen LogP contribution in [0.5, 0.6) is 0 Å². The Morgan fingerprint density at radius 2 is 1.70 bits per heavy atom. The summed E-state index contributed by atoms with van der Waals surface area (Å²) in [5.41, 5.74) is 4.94. The summed E-state index contributed by atoms with van der Waals surface area (Å²) in [5, 5.41) is 3.52. The van der Waals surface area contributed by atoms with E-state index in [9.17, 15) is 0 Å². The summed E-state index contributed by atoms with van der Waals surface area (Å²) in [5.74, 6) is 0.971. The maximum Gasteiger partial charge on any atom is 0.204 e. The first-order valence-electron chi connectivity index (χ1n) is 8.58. The molecule has 0 fully saturated rings. The molecule has 0 spiro atoms. The van der Waals surface area contributed by atoms with Gasteiger partial charge in [0.05, 0.1) is 11.0 Å². The molecule has 0 aliphatic rings. The second-order valence-corrected chi connectivity index (χ2v) is 5.95. The molecule has 3 heteroatoms. The van der Waals surface area contributed by atoms with Crippen molar-refractivity contribution in [1.82, 2.24) is 9.55 Å². The van der Waals surface area contributed by atoms with E-state index >= 15 is 0 Å². The molecule has 1 N–H and O–H groups in total. The van der Waals surface area contributed by atoms with Crippen LogP contribution in [0, 0.1) is 0 Å². The van der Waals surface area contributed by atoms with Gasteiger partial charge in [-0.15, -0.1) is 0 Å². The first-order chi connectivity index (χ1) is 11.3. The molecule has 0 bridgehead atoms. The van der Waals surface area contributed by atoms with Gasteiger partial charge in [-0.2, -0.15) is 0 Å². The fraction of sp³-hybridized carbons (Fsp3) is 0.350. The Morgan fingerprint density at radius 1 is 0.957 bits per heavy atom. The molecule has 0 radical (unpaired) electrons. The molecule has 0 saturated carbocycles. The van der Waals surface area contributed by atoms with Gasteiger partial charge in [-0.3, -0.25) is 0 Å². The number of hydrogen-bond acceptors (Lipinski definition) is 2. The van der Waals surface area contributed by atoms with Crippen LogP contribution in [-0.4, -0.2) is 9.55 Å². The third-order valence-corrected chi connectivity index (χ3v) is 4.27. The van der Waals surface area contributed by atoms with Gasteiger partial charge in [-0.25, -0.2) is 4.98 Å². The van der Waals surface area contributed by atoms with Gasteiger partial charge < -0.3 is 9.88 Å². The number of rotatable bonds is 7. The van der Waals surface area contributed by atoms with E-state index in [2.05, 4.69) is 66.2 Å². The minimum absolute atomic E-state index is 0.805. The number of aromatic nitrogens is 2. The smallest absolute Gasteiger partial charge is 0.204 e. The molecule has 1 heterocycles. The monoisotopic (exact) mass is 307 g/mol. The molecule has 2 aromatic carbocycles. The Hall–Kier alpha value is -2.29. The first kappa shape index (κ1) is 15.6. The highest BCUT2D eigenvalue weighted by molar-refractivity contribution is 5.78. The van der Waals surface area contributed by atoms with Gasteiger partial charge in [0, 0.05) is 13.1 Å². The Balaban J connectivity index is 1.80. The molecule has 1 aromatic heterocycles. The summed E-state index contributed by atoms with van der Waals surface area (Å²) in [4.78, 5) is 4.77. The molecule has 23 heavy (non-hydrogen) atoms. The zero-order chi connectivity index (χ0) is 16.1. The van der Waals surface area contributed by atoms with E-state index in [1.54, 1.807) is 0 Å². The minimum atomic E-state index is 0.805. The van der Waals surface area contributed by atoms with Crippen molar-refractivity contribution < 1.29 is 0 Å². The van der Waals surface area contributed by atoms with Gasteiger partial charge in [0.2, 0.25) is 5.95 Å². The summed E-state index contributed by atoms with van der Waals surface area (Å²) < 4.78 is 2.30. The number of unbranched alkanes of at least 4 members (excludes halogenated alkanes) is 1. The molecule has 3 aromatic rings. The zero-order valence-electron chi connectivity index (χ0n) is 14.0. The van der Waals surface area contributed by atoms with Crippen molar-refractivity contribution in [3.8, 4) is 0 Å². The summed E-state index contributed by atoms with van der Waals surface area (Å²) in [6, 6.07) is 17.2. The van der Waals surface area contributed by atoms with E-state index in [0.29, 0.717) is 0 Å². The Kier molecular flexibility index (Phi) is 4.96. The van der Waals surface area contributed by atoms with Crippen molar-refractivity contribution in [3.63, 3.8) is 0 Å². The highest BCUT2D eigenvalue weighted by Crippen LogP contribution is 2.21. The van der Waals surface area contributed by atoms with Crippen molar-refractivity contribution >= 4 is 17.0 Å². The number of para-hydroxylation sites is 2. The fourth-order valence-corrected chi connectivity index (χ4v) is 2.83. The molecule has 0 amide bonds. The average molecular weight is 307 g/mol. The van der Waals surface area contributed by atoms with Crippen LogP contribution in [0.15, 0.2) is 48.5 Å². The van der Waals surface area contributed by atoms with Crippen LogP contribution in [0.25, 0.3) is 11.0 Å². The van der Waals surface area contributed by atoms with Crippen molar-refractivity contribution in [3.05, 3.63) is 59.7 Å². The lowest BCUT2D eigenvalue weighted by atomic mass is 10.1. The molecule has 0 atom stereocenters. The van der Waals surface area contributed by atoms with Gasteiger partial charge >= 0.3 is 0 Å². The maximum absolute atomic E-state index is 4.77. The molecule has 0 unspecified atom stereocenters. The van der Waals surface area contributed by atoms with Gasteiger partial charge in [0.25, 0.3) is 0 Å². The summed E-state index contributed by atoms with van der Waals surface area (Å²) in [6.45, 7) is 6.22. The molecule has 120 valence electrons. The van der Waals surface area contributed by atoms with E-state index in [1.807, 2.05) is 6.07 Å². The third kappa shape index (κ3) is 3.55. The van der Waals surface area contributed by atoms with E-state index in [0.717, 1.165) is 31.0 Å². The summed E-state index contributed by atoms with van der Waals surface area (Å²) in [7, 11) is 0. The lowest BCUT2D eigenvalue weighted by molar-refractivity contribution is 0.649. The second-order valence-electron chi connectivity index (χ2n) is 5.95. The van der Waals surface area contributed by atoms with Crippen molar-refractivity contribution in [1.29, 1.82) is 0 Å². The highest BCUT2D eigenvalue weighted by Gasteiger charge is 2.09. The molecule has 3 rings (SSSR count). The predicted octanol–water partition coefficient (Wildman–Crippen LogP) is 5.01. The quantitative estimate of drug-likeness (QED) is 0.665. The predicted molar refractivity (Wildman–Crippen MR) is 97.8 cm³/mol. The number of hydrogen-bond donors (Lipinski definition) is 1. The van der Waals surface area contributed by atoms with Crippen LogP contribution in [0.4, 0.5) is 5.95 Å². The zero-order valence-corrected chi connectivity index (χ0v) is 14.0. The summed E-state index contributed by atoms with van der Waals surface area (Å²) >= 11 is 0. The van der Waals surface area contributed by atoms with Gasteiger partial charge in [0.1, 0.15) is 0 Å². The van der Waals surface area contributed by atoms with Crippen molar-refractivity contribution in [2.75, 3.05) is 5.32 Å². The fourth-order valence-electron chi connectivity index (χ4n) is 2.83. The van der Waals surface area contributed by atoms with Crippen LogP contribution in [0.2, 0.25) is 0 Å². The van der Waals surface area contributed by atoms with Crippen molar-refractivity contribution in [2.24, 2.45) is 0 Å². The second kappa shape index (κ2) is 7.32. The van der Waals surface area contributed by atoms with Crippen LogP contribution < -0.4 is 5.32 Å². The number of benzene rings is 2. The number of imidazole rings is 1. The Labute approximate surface area is 138 Å². The number of nitrogens with zero attached hydrogens (tertiary/aromatic N) is 2. The normalized spacial score (nSPS) is 11.0. The van der Waals surface area contributed by atoms with Gasteiger partial charge in [0.15, 0.2) is 0 Å². The van der Waals surface area contributed by atoms with Crippen molar-refractivity contribution in [2.45, 2.75) is 46.2 Å². The molecule has 0 aliphatic heterocycles. The number of anilines is 1. The maximum atomic E-state index is 4.77. The Morgan fingerprint density at radius 3 is 2.43 bits per heavy atom. The van der Waals surface area contributed by atoms with E-state index in [4.69, 9.17) is 4.98 Å². The van der Waals surface area contributed by atoms with Gasteiger partial charge in [-0.05, 0) is 36.1 Å². The highest BCUT2D eigenvalue weighted by atomic mass is 15.2. The van der Waals surface area contributed by atoms with E-state index < -0.39 is 0 Å². The molecule has 3 nitrogen and oxygen atoms in total. The number of fused-ring (bicyclic) bond motifs is 1. The molecular weight excluding hydrogens is 282 g/mol. The van der Waals surface area contributed by atoms with Crippen LogP contribution >= 0.6 is 0 Å². The SMILES string of the molecule is CCCCn1c(NCc2ccc(CC)cc2)nc2ccccc21. The lowest BCUT2D eigenvalue weighted by Crippen LogP contribution is -2.08. The minimum Gasteiger partial charge on any atom is -0.352 e. The lowest BCUT2D eigenvalue weighted by Gasteiger charge is -2.10. The topological polar surface area (TPSA) is 29.9 Å². The van der Waals surface area contributed by atoms with Crippen LogP contribution in [0.3, 0.4) is 0 Å². The molecular formula is C20H25N3. The number of nitrogens with one attached hydrogen (secondary N) is 1. The molecule has 0 saturated heterocycles. The third-order valence-electron chi connectivity index (χ3n) is 4.27. The molecule has 0 aliphatic carbocycles. The van der Waals surface area contributed by atoms with E-state index in [1.165, 1.54) is 29.5 Å². The first-order valence-corrected chi connectivity index (χ1v) is 8.58. The van der Waals surface area contributed by atoms with Gasteiger partial charge in [-0.1, -0.05) is 56.7 Å². The largest absolute Gasteiger partial charge is 0.352 e. The van der Waals surface area contributed by atoms with Crippen LogP contribution in [0.1, 0.15) is 37.8 Å². The summed E-state index contributed by atoms with van der Waals surface area (Å²) in [6.07, 6.45) is 3.44. The van der Waals surface area contributed by atoms with Crippen LogP contribution in [-0.2, 0) is 19.5 Å². The standard InChI is InChI=1S/C20H25N3/c1-3-5-14-23-19-9-7-6-8-18(19)22-20(23)21-15-17-12-10-16(4-2)11-13-17/h6-13H,3-5,14-15H2,1-2H3,(H,21,22). The number of aryl methyl sites for hydroxylation is 2. The van der Waals surface area contributed by atoms with E-state index in [-0.39, 0.29) is 0 Å².